The molecule has 0 atom stereocenters. The molecule has 8 rings (SSSR count). The van der Waals surface area contributed by atoms with Crippen LogP contribution in [0.3, 0.4) is 0 Å². The second-order valence-corrected chi connectivity index (χ2v) is 18.3. The molecule has 0 saturated carbocycles. The fraction of sp³-hybridized carbons (Fsp3) is 0. The number of hydrogen-bond donors (Lipinski definition) is 19. The average molecular weight is 1270 g/mol. The fourth-order valence-electron chi connectivity index (χ4n) is 6.35. The van der Waals surface area contributed by atoms with Crippen LogP contribution in [0.15, 0.2) is 123 Å². The first-order valence-electron chi connectivity index (χ1n) is 21.0. The Morgan fingerprint density at radius 1 is 0.218 bits per heavy atom. The van der Waals surface area contributed by atoms with E-state index < -0.39 is 104 Å². The van der Waals surface area contributed by atoms with Gasteiger partial charge >= 0.3 is 0 Å². The number of phenols is 19. The van der Waals surface area contributed by atoms with Gasteiger partial charge in [-0.1, -0.05) is 0 Å². The van der Waals surface area contributed by atoms with Crippen molar-refractivity contribution >= 4 is 70.9 Å². The molecule has 0 heterocycles. The lowest BCUT2D eigenvalue weighted by atomic mass is 10.0. The summed E-state index contributed by atoms with van der Waals surface area (Å²) in [5, 5.41) is 177. The molecule has 0 aliphatic rings. The molecule has 404 valence electrons. The minimum atomic E-state index is -0.830. The van der Waals surface area contributed by atoms with Crippen molar-refractivity contribution in [2.24, 2.45) is 0 Å². The molecule has 0 aliphatic heterocycles. The van der Waals surface area contributed by atoms with Gasteiger partial charge in [0, 0.05) is 58.9 Å². The number of aromatic hydroxyl groups is 19. The number of hydrogen-bond acceptors (Lipinski definition) is 23. The van der Waals surface area contributed by atoms with Crippen molar-refractivity contribution in [3.8, 4) is 109 Å². The Morgan fingerprint density at radius 2 is 0.449 bits per heavy atom. The normalized spacial score (nSPS) is 10.4. The lowest BCUT2D eigenvalue weighted by Crippen LogP contribution is -2.03. The number of phenolic OH excluding ortho intramolecular Hbond substituents is 19. The third-order valence-corrected chi connectivity index (χ3v) is 12.4. The molecular formula is C52H37Br3O23. The van der Waals surface area contributed by atoms with E-state index in [0.29, 0.717) is 4.47 Å². The Balaban J connectivity index is 0.000000192. The lowest BCUT2D eigenvalue weighted by Gasteiger charge is -2.09. The summed E-state index contributed by atoms with van der Waals surface area (Å²) in [6.45, 7) is 0. The van der Waals surface area contributed by atoms with Crippen LogP contribution in [0, 0.1) is 0 Å². The fourth-order valence-corrected chi connectivity index (χ4v) is 7.88. The molecule has 78 heavy (non-hydrogen) atoms. The minimum absolute atomic E-state index is 0.00990. The van der Waals surface area contributed by atoms with E-state index in [9.17, 15) is 101 Å². The molecule has 0 unspecified atom stereocenters. The number of rotatable bonds is 8. The van der Waals surface area contributed by atoms with Gasteiger partial charge in [-0.2, -0.15) is 0 Å². The first-order chi connectivity index (χ1) is 36.4. The summed E-state index contributed by atoms with van der Waals surface area (Å²) in [5.74, 6) is -12.1. The highest BCUT2D eigenvalue weighted by Gasteiger charge is 2.23. The molecule has 19 N–H and O–H groups in total. The summed E-state index contributed by atoms with van der Waals surface area (Å²) >= 11 is 9.34. The Morgan fingerprint density at radius 3 is 0.769 bits per heavy atom. The molecule has 26 heteroatoms. The molecule has 0 bridgehead atoms. The maximum atomic E-state index is 12.4. The first kappa shape index (κ1) is 59.0. The van der Waals surface area contributed by atoms with Crippen molar-refractivity contribution in [1.29, 1.82) is 0 Å². The van der Waals surface area contributed by atoms with Crippen molar-refractivity contribution < 1.29 is 116 Å². The van der Waals surface area contributed by atoms with Crippen LogP contribution in [-0.4, -0.2) is 120 Å². The van der Waals surface area contributed by atoms with Gasteiger partial charge in [0.2, 0.25) is 0 Å². The second-order valence-electron chi connectivity index (χ2n) is 15.8. The van der Waals surface area contributed by atoms with Crippen LogP contribution in [0.25, 0.3) is 0 Å². The molecule has 0 aliphatic carbocycles. The van der Waals surface area contributed by atoms with Crippen LogP contribution in [0.2, 0.25) is 0 Å². The Hall–Kier alpha value is -9.92. The zero-order valence-electron chi connectivity index (χ0n) is 38.7. The van der Waals surface area contributed by atoms with E-state index in [0.717, 1.165) is 72.8 Å². The number of carbonyl (C=O) groups excluding carboxylic acids is 4. The minimum Gasteiger partial charge on any atom is -0.507 e. The molecule has 0 saturated heterocycles. The summed E-state index contributed by atoms with van der Waals surface area (Å²) in [7, 11) is 0. The van der Waals surface area contributed by atoms with Crippen molar-refractivity contribution in [3.63, 3.8) is 0 Å². The average Bonchev–Trinajstić information content (AvgIpc) is 3.39. The van der Waals surface area contributed by atoms with Gasteiger partial charge < -0.3 is 97.0 Å². The van der Waals surface area contributed by atoms with Crippen molar-refractivity contribution in [2.45, 2.75) is 0 Å². The summed E-state index contributed by atoms with van der Waals surface area (Å²) in [4.78, 5) is 48.7. The summed E-state index contributed by atoms with van der Waals surface area (Å²) in [6, 6.07) is 19.1. The predicted molar refractivity (Wildman–Crippen MR) is 280 cm³/mol. The van der Waals surface area contributed by atoms with Gasteiger partial charge in [-0.3, -0.25) is 19.2 Å². The third-order valence-electron chi connectivity index (χ3n) is 10.4. The van der Waals surface area contributed by atoms with Crippen molar-refractivity contribution in [2.75, 3.05) is 0 Å². The quantitative estimate of drug-likeness (QED) is 0.0386. The van der Waals surface area contributed by atoms with Crippen LogP contribution >= 0.6 is 47.8 Å². The van der Waals surface area contributed by atoms with E-state index in [1.807, 2.05) is 0 Å². The van der Waals surface area contributed by atoms with Crippen LogP contribution in [0.4, 0.5) is 0 Å². The van der Waals surface area contributed by atoms with E-state index in [2.05, 4.69) is 47.8 Å². The maximum Gasteiger partial charge on any atom is 0.200 e. The van der Waals surface area contributed by atoms with Crippen LogP contribution in [0.1, 0.15) is 63.7 Å². The van der Waals surface area contributed by atoms with Crippen LogP contribution < -0.4 is 0 Å². The van der Waals surface area contributed by atoms with Crippen LogP contribution in [0.5, 0.6) is 109 Å². The highest BCUT2D eigenvalue weighted by Crippen LogP contribution is 2.41. The zero-order chi connectivity index (χ0) is 58.4. The Labute approximate surface area is 461 Å². The van der Waals surface area contributed by atoms with Gasteiger partial charge in [0.05, 0.1) is 11.1 Å². The number of carbonyl (C=O) groups is 4. The van der Waals surface area contributed by atoms with Gasteiger partial charge in [-0.05, 0) is 145 Å². The highest BCUT2D eigenvalue weighted by atomic mass is 79.9. The molecule has 23 nitrogen and oxygen atoms in total. The van der Waals surface area contributed by atoms with E-state index in [1.165, 1.54) is 36.4 Å². The van der Waals surface area contributed by atoms with E-state index in [-0.39, 0.29) is 82.2 Å². The Kier molecular flexibility index (Phi) is 18.3. The Bertz CT molecular complexity index is 3510. The topological polar surface area (TPSA) is 453 Å². The lowest BCUT2D eigenvalue weighted by molar-refractivity contribution is 0.102. The number of halogens is 3. The number of benzene rings is 8. The molecule has 0 aromatic heterocycles. The zero-order valence-corrected chi connectivity index (χ0v) is 43.4. The largest absolute Gasteiger partial charge is 0.507 e. The van der Waals surface area contributed by atoms with Gasteiger partial charge in [0.15, 0.2) is 121 Å². The molecule has 0 amide bonds. The smallest absolute Gasteiger partial charge is 0.200 e. The molecule has 0 spiro atoms. The van der Waals surface area contributed by atoms with Crippen LogP contribution in [-0.2, 0) is 0 Å². The summed E-state index contributed by atoms with van der Waals surface area (Å²) in [6.07, 6.45) is 0. The van der Waals surface area contributed by atoms with E-state index in [1.54, 1.807) is 0 Å². The van der Waals surface area contributed by atoms with E-state index in [4.69, 9.17) is 15.3 Å². The highest BCUT2D eigenvalue weighted by molar-refractivity contribution is 9.11. The van der Waals surface area contributed by atoms with Gasteiger partial charge in [-0.15, -0.1) is 0 Å². The first-order valence-corrected chi connectivity index (χ1v) is 23.4. The number of ketones is 4. The molecule has 0 radical (unpaired) electrons. The summed E-state index contributed by atoms with van der Waals surface area (Å²) < 4.78 is 0.884. The monoisotopic (exact) mass is 1270 g/mol. The van der Waals surface area contributed by atoms with Gasteiger partial charge in [0.25, 0.3) is 0 Å². The molecule has 8 aromatic carbocycles. The molecular weight excluding hydrogens is 1230 g/mol. The molecule has 8 aromatic rings. The standard InChI is InChI=1S/C13H8Br2O5.C13H9BrO5.C13H10O7.C13H10O6/c14-7-3-11(18)9(16)1-5(7)13(20)6-2-10(17)12(19)4-8(6)15;14-8-5-12(18)11(17)4-7(8)13(19)6-1-2-9(15)10(16)3-6;14-7-4-9(16)8(15)3-6(7)12(19)5-1-10(17)13(20)11(18)2-5;14-8-2-1-6(3-10(8)16)13(19)7-4-11(17)12(18)5-9(7)15/h1-4,16-19H;1-5,15-18H;1-4,14-18,20H;1-5,14-18H. The van der Waals surface area contributed by atoms with E-state index >= 15 is 0 Å². The second kappa shape index (κ2) is 24.2. The summed E-state index contributed by atoms with van der Waals surface area (Å²) in [5.41, 5.74) is -0.322. The predicted octanol–water partition coefficient (Wildman–Crippen LogP) is 8.36. The molecule has 0 fully saturated rings. The maximum absolute atomic E-state index is 12.4. The van der Waals surface area contributed by atoms with Gasteiger partial charge in [0.1, 0.15) is 11.5 Å². The van der Waals surface area contributed by atoms with Crippen molar-refractivity contribution in [3.05, 3.63) is 167 Å². The SMILES string of the molecule is O=C(c1cc(O)c(O)c(O)c1)c1cc(O)c(O)cc1O.O=C(c1cc(O)c(O)cc1Br)c1cc(O)c(O)cc1Br.O=C(c1ccc(O)c(O)c1)c1cc(O)c(O)cc1Br.O=C(c1ccc(O)c(O)c1)c1cc(O)c(O)cc1O. The third kappa shape index (κ3) is 13.5. The van der Waals surface area contributed by atoms with Crippen molar-refractivity contribution in [1.82, 2.24) is 0 Å². The van der Waals surface area contributed by atoms with Gasteiger partial charge in [-0.25, -0.2) is 0 Å².